The summed E-state index contributed by atoms with van der Waals surface area (Å²) in [5.74, 6) is -0.920. The number of nitrogens with zero attached hydrogens (tertiary/aromatic N) is 1. The Labute approximate surface area is 122 Å². The summed E-state index contributed by atoms with van der Waals surface area (Å²) in [7, 11) is 0. The number of likely N-dealkylation sites (tertiary alicyclic amines) is 1. The van der Waals surface area contributed by atoms with Crippen LogP contribution in [0.25, 0.3) is 6.08 Å². The normalized spacial score (nSPS) is 18.3. The maximum absolute atomic E-state index is 12.8. The Kier molecular flexibility index (Phi) is 5.09. The Bertz CT molecular complexity index is 539. The topological polar surface area (TPSA) is 57.6 Å². The van der Waals surface area contributed by atoms with Gasteiger partial charge in [-0.1, -0.05) is 12.1 Å². The zero-order valence-corrected chi connectivity index (χ0v) is 11.7. The van der Waals surface area contributed by atoms with Gasteiger partial charge < -0.3 is 10.0 Å². The number of carboxylic acid groups (broad SMARTS) is 1. The van der Waals surface area contributed by atoms with Crippen LogP contribution >= 0.6 is 0 Å². The van der Waals surface area contributed by atoms with Crippen LogP contribution in [0.3, 0.4) is 0 Å². The van der Waals surface area contributed by atoms with E-state index in [4.69, 9.17) is 5.11 Å². The van der Waals surface area contributed by atoms with Crippen LogP contribution in [0.15, 0.2) is 30.3 Å². The van der Waals surface area contributed by atoms with Crippen molar-refractivity contribution in [1.29, 1.82) is 0 Å². The molecule has 0 saturated carbocycles. The van der Waals surface area contributed by atoms with Crippen molar-refractivity contribution in [3.63, 3.8) is 0 Å². The third-order valence-electron chi connectivity index (χ3n) is 3.65. The van der Waals surface area contributed by atoms with E-state index in [0.29, 0.717) is 19.5 Å². The van der Waals surface area contributed by atoms with E-state index in [1.54, 1.807) is 23.1 Å². The van der Waals surface area contributed by atoms with Crippen LogP contribution in [0.4, 0.5) is 4.39 Å². The number of benzene rings is 1. The van der Waals surface area contributed by atoms with Crippen LogP contribution in [0.5, 0.6) is 0 Å². The van der Waals surface area contributed by atoms with Crippen molar-refractivity contribution in [2.45, 2.75) is 19.3 Å². The van der Waals surface area contributed by atoms with Crippen molar-refractivity contribution in [3.05, 3.63) is 41.7 Å². The first-order valence-corrected chi connectivity index (χ1v) is 6.99. The van der Waals surface area contributed by atoms with Crippen molar-refractivity contribution >= 4 is 18.0 Å². The molecule has 2 rings (SSSR count). The van der Waals surface area contributed by atoms with Gasteiger partial charge in [0.25, 0.3) is 0 Å². The van der Waals surface area contributed by atoms with Gasteiger partial charge in [0.2, 0.25) is 5.91 Å². The standard InChI is InChI=1S/C16H18FNO3/c17-14-5-1-12(2-6-14)3-7-15(19)18-10-9-13(11-18)4-8-16(20)21/h1-3,5-7,13H,4,8-11H2,(H,20,21)/b7-3+. The molecular weight excluding hydrogens is 273 g/mol. The lowest BCUT2D eigenvalue weighted by molar-refractivity contribution is -0.137. The van der Waals surface area contributed by atoms with Gasteiger partial charge in [-0.05, 0) is 42.5 Å². The SMILES string of the molecule is O=C(O)CCC1CCN(C(=O)/C=C/c2ccc(F)cc2)C1. The first-order valence-electron chi connectivity index (χ1n) is 6.99. The Morgan fingerprint density at radius 2 is 2.05 bits per heavy atom. The van der Waals surface area contributed by atoms with E-state index in [1.807, 2.05) is 0 Å². The van der Waals surface area contributed by atoms with Crippen molar-refractivity contribution in [2.24, 2.45) is 5.92 Å². The molecule has 112 valence electrons. The lowest BCUT2D eigenvalue weighted by Crippen LogP contribution is -2.26. The molecule has 5 heteroatoms. The average Bonchev–Trinajstić information content (AvgIpc) is 2.93. The number of carboxylic acids is 1. The highest BCUT2D eigenvalue weighted by atomic mass is 19.1. The number of carbonyl (C=O) groups excluding carboxylic acids is 1. The van der Waals surface area contributed by atoms with E-state index in [0.717, 1.165) is 12.0 Å². The number of rotatable bonds is 5. The van der Waals surface area contributed by atoms with E-state index >= 15 is 0 Å². The van der Waals surface area contributed by atoms with Gasteiger partial charge in [0.15, 0.2) is 0 Å². The highest BCUT2D eigenvalue weighted by Gasteiger charge is 2.25. The Morgan fingerprint density at radius 3 is 2.71 bits per heavy atom. The quantitative estimate of drug-likeness (QED) is 0.848. The average molecular weight is 291 g/mol. The smallest absolute Gasteiger partial charge is 0.303 e. The van der Waals surface area contributed by atoms with Crippen LogP contribution in [-0.4, -0.2) is 35.0 Å². The lowest BCUT2D eigenvalue weighted by Gasteiger charge is -2.14. The Hall–Kier alpha value is -2.17. The maximum atomic E-state index is 12.8. The number of aliphatic carboxylic acids is 1. The highest BCUT2D eigenvalue weighted by Crippen LogP contribution is 2.21. The molecule has 0 spiro atoms. The highest BCUT2D eigenvalue weighted by molar-refractivity contribution is 5.91. The molecule has 1 amide bonds. The predicted octanol–water partition coefficient (Wildman–Crippen LogP) is 2.55. The second-order valence-corrected chi connectivity index (χ2v) is 5.26. The lowest BCUT2D eigenvalue weighted by atomic mass is 10.0. The molecule has 1 N–H and O–H groups in total. The number of amides is 1. The second-order valence-electron chi connectivity index (χ2n) is 5.26. The van der Waals surface area contributed by atoms with Gasteiger partial charge in [-0.15, -0.1) is 0 Å². The van der Waals surface area contributed by atoms with Gasteiger partial charge in [0.05, 0.1) is 0 Å². The summed E-state index contributed by atoms with van der Waals surface area (Å²) in [4.78, 5) is 24.3. The predicted molar refractivity (Wildman–Crippen MR) is 77.0 cm³/mol. The first-order chi connectivity index (χ1) is 10.0. The molecule has 1 aliphatic rings. The molecule has 21 heavy (non-hydrogen) atoms. The molecular formula is C16H18FNO3. The third-order valence-corrected chi connectivity index (χ3v) is 3.65. The number of hydrogen-bond donors (Lipinski definition) is 1. The summed E-state index contributed by atoms with van der Waals surface area (Å²) in [6.45, 7) is 1.27. The van der Waals surface area contributed by atoms with E-state index in [-0.39, 0.29) is 24.1 Å². The summed E-state index contributed by atoms with van der Waals surface area (Å²) >= 11 is 0. The molecule has 0 aromatic heterocycles. The zero-order valence-electron chi connectivity index (χ0n) is 11.7. The summed E-state index contributed by atoms with van der Waals surface area (Å²) in [5, 5.41) is 8.66. The molecule has 1 saturated heterocycles. The molecule has 4 nitrogen and oxygen atoms in total. The maximum Gasteiger partial charge on any atom is 0.303 e. The van der Waals surface area contributed by atoms with E-state index in [1.165, 1.54) is 18.2 Å². The van der Waals surface area contributed by atoms with Crippen molar-refractivity contribution in [2.75, 3.05) is 13.1 Å². The minimum atomic E-state index is -0.795. The van der Waals surface area contributed by atoms with Crippen LogP contribution < -0.4 is 0 Å². The van der Waals surface area contributed by atoms with Gasteiger partial charge in [0.1, 0.15) is 5.82 Å². The van der Waals surface area contributed by atoms with Crippen LogP contribution in [0.2, 0.25) is 0 Å². The molecule has 1 aromatic carbocycles. The summed E-state index contributed by atoms with van der Waals surface area (Å²) in [6.07, 6.45) is 4.75. The fourth-order valence-electron chi connectivity index (χ4n) is 2.44. The van der Waals surface area contributed by atoms with E-state index < -0.39 is 5.97 Å². The first kappa shape index (κ1) is 15.2. The second kappa shape index (κ2) is 7.02. The number of carbonyl (C=O) groups is 2. The van der Waals surface area contributed by atoms with Gasteiger partial charge in [-0.25, -0.2) is 4.39 Å². The van der Waals surface area contributed by atoms with E-state index in [2.05, 4.69) is 0 Å². The molecule has 0 radical (unpaired) electrons. The Morgan fingerprint density at radius 1 is 1.33 bits per heavy atom. The minimum Gasteiger partial charge on any atom is -0.481 e. The minimum absolute atomic E-state index is 0.0860. The third kappa shape index (κ3) is 4.70. The van der Waals surface area contributed by atoms with Crippen LogP contribution in [-0.2, 0) is 9.59 Å². The molecule has 1 atom stereocenters. The summed E-state index contributed by atoms with van der Waals surface area (Å²) in [5.41, 5.74) is 0.770. The van der Waals surface area contributed by atoms with Gasteiger partial charge in [-0.2, -0.15) is 0 Å². The molecule has 1 aromatic rings. The van der Waals surface area contributed by atoms with Crippen molar-refractivity contribution in [1.82, 2.24) is 4.90 Å². The number of halogens is 1. The van der Waals surface area contributed by atoms with Crippen LogP contribution in [0, 0.1) is 11.7 Å². The molecule has 1 aliphatic heterocycles. The van der Waals surface area contributed by atoms with Gasteiger partial charge in [-0.3, -0.25) is 9.59 Å². The monoisotopic (exact) mass is 291 g/mol. The fourth-order valence-corrected chi connectivity index (χ4v) is 2.44. The zero-order chi connectivity index (χ0) is 15.2. The van der Waals surface area contributed by atoms with E-state index in [9.17, 15) is 14.0 Å². The number of hydrogen-bond acceptors (Lipinski definition) is 2. The van der Waals surface area contributed by atoms with Crippen molar-refractivity contribution in [3.8, 4) is 0 Å². The van der Waals surface area contributed by atoms with Gasteiger partial charge in [0, 0.05) is 25.6 Å². The summed E-state index contributed by atoms with van der Waals surface area (Å²) < 4.78 is 12.8. The summed E-state index contributed by atoms with van der Waals surface area (Å²) in [6, 6.07) is 5.92. The van der Waals surface area contributed by atoms with Gasteiger partial charge >= 0.3 is 5.97 Å². The Balaban J connectivity index is 1.84. The van der Waals surface area contributed by atoms with Crippen molar-refractivity contribution < 1.29 is 19.1 Å². The van der Waals surface area contributed by atoms with Crippen LogP contribution in [0.1, 0.15) is 24.8 Å². The molecule has 1 unspecified atom stereocenters. The molecule has 1 heterocycles. The molecule has 0 bridgehead atoms. The fraction of sp³-hybridized carbons (Fsp3) is 0.375. The molecule has 1 fully saturated rings. The largest absolute Gasteiger partial charge is 0.481 e. The molecule has 0 aliphatic carbocycles.